The van der Waals surface area contributed by atoms with Gasteiger partial charge in [-0.1, -0.05) is 0 Å². The predicted molar refractivity (Wildman–Crippen MR) is 46.8 cm³/mol. The first-order chi connectivity index (χ1) is 5.81. The molecule has 1 aromatic carbocycles. The Bertz CT molecular complexity index is 436. The number of hydrogen-bond acceptors (Lipinski definition) is 2. The summed E-state index contributed by atoms with van der Waals surface area (Å²) in [6.07, 6.45) is 1.74. The molecule has 1 aromatic heterocycles. The Kier molecular flexibility index (Phi) is 1.53. The summed E-state index contributed by atoms with van der Waals surface area (Å²) < 4.78 is 12.3. The molecule has 0 aliphatic carbocycles. The summed E-state index contributed by atoms with van der Waals surface area (Å²) in [5, 5.41) is 0. The van der Waals surface area contributed by atoms with Crippen LogP contribution in [0, 0.1) is 0 Å². The number of aryl methyl sites for hydroxylation is 1. The minimum absolute atomic E-state index is 0.686. The molecule has 0 aliphatic rings. The van der Waals surface area contributed by atoms with Gasteiger partial charge in [-0.15, -0.1) is 0 Å². The molecule has 0 radical (unpaired) electrons. The van der Waals surface area contributed by atoms with E-state index in [1.165, 1.54) is 0 Å². The molecular weight excluding hydrogens is 151 g/mol. The van der Waals surface area contributed by atoms with Gasteiger partial charge in [-0.3, -0.25) is 0 Å². The van der Waals surface area contributed by atoms with Gasteiger partial charge in [0.1, 0.15) is 0 Å². The number of rotatable bonds is 1. The molecule has 1 heterocycles. The van der Waals surface area contributed by atoms with E-state index in [1.807, 2.05) is 23.7 Å². The van der Waals surface area contributed by atoms with Crippen molar-refractivity contribution in [3.63, 3.8) is 0 Å². The van der Waals surface area contributed by atoms with Crippen molar-refractivity contribution in [3.05, 3.63) is 24.5 Å². The molecule has 0 N–H and O–H groups in total. The van der Waals surface area contributed by atoms with E-state index in [4.69, 9.17) is 0 Å². The molecule has 0 aliphatic heterocycles. The monoisotopic (exact) mass is 158 g/mol. The van der Waals surface area contributed by atoms with Gasteiger partial charge in [-0.2, -0.15) is 0 Å². The Labute approximate surface area is 70.3 Å². The summed E-state index contributed by atoms with van der Waals surface area (Å²) in [4.78, 5) is 4.14. The maximum atomic E-state index is 10.5. The van der Waals surface area contributed by atoms with Crippen LogP contribution in [-0.4, -0.2) is 16.7 Å². The van der Waals surface area contributed by atoms with E-state index in [0.29, 0.717) is 5.46 Å². The van der Waals surface area contributed by atoms with Gasteiger partial charge >= 0.3 is 69.5 Å². The van der Waals surface area contributed by atoms with Gasteiger partial charge in [-0.05, 0) is 0 Å². The number of imidazole rings is 1. The second-order valence-corrected chi connectivity index (χ2v) is 2.72. The Hall–Kier alpha value is -1.45. The molecule has 0 spiro atoms. The zero-order chi connectivity index (χ0) is 8.55. The summed E-state index contributed by atoms with van der Waals surface area (Å²) in [7, 11) is 2.75. The second-order valence-electron chi connectivity index (χ2n) is 2.72. The van der Waals surface area contributed by atoms with Gasteiger partial charge in [-0.25, -0.2) is 0 Å². The molecule has 0 amide bonds. The van der Waals surface area contributed by atoms with Crippen LogP contribution >= 0.6 is 0 Å². The van der Waals surface area contributed by atoms with E-state index >= 15 is 0 Å². The number of fused-ring (bicyclic) bond motifs is 1. The van der Waals surface area contributed by atoms with Gasteiger partial charge in [0.2, 0.25) is 0 Å². The fourth-order valence-corrected chi connectivity index (χ4v) is 1.22. The molecule has 0 atom stereocenters. The van der Waals surface area contributed by atoms with Crippen molar-refractivity contribution in [2.75, 3.05) is 0 Å². The fourth-order valence-electron chi connectivity index (χ4n) is 1.22. The molecule has 0 unspecified atom stereocenters. The number of hydrogen-bond donors (Lipinski definition) is 0. The van der Waals surface area contributed by atoms with Crippen LogP contribution < -0.4 is 5.46 Å². The van der Waals surface area contributed by atoms with Crippen LogP contribution in [-0.2, 0) is 11.8 Å². The van der Waals surface area contributed by atoms with Crippen molar-refractivity contribution in [1.82, 2.24) is 9.55 Å². The quantitative estimate of drug-likeness (QED) is 0.557. The van der Waals surface area contributed by atoms with E-state index in [1.54, 1.807) is 12.4 Å². The van der Waals surface area contributed by atoms with Crippen molar-refractivity contribution < 1.29 is 4.70 Å². The van der Waals surface area contributed by atoms with Gasteiger partial charge in [0.25, 0.3) is 0 Å². The first kappa shape index (κ1) is 7.22. The summed E-state index contributed by atoms with van der Waals surface area (Å²) in [5.74, 6) is 0. The van der Waals surface area contributed by atoms with Gasteiger partial charge in [0.05, 0.1) is 0 Å². The standard InChI is InChI=1S/C8H7BN2O/c1-11-5-10-7-3-2-6(9-12)4-8(7)11/h2-5H,1H3. The Morgan fingerprint density at radius 3 is 3.08 bits per heavy atom. The van der Waals surface area contributed by atoms with Crippen LogP contribution in [0.15, 0.2) is 24.5 Å². The van der Waals surface area contributed by atoms with E-state index in [0.717, 1.165) is 18.2 Å². The van der Waals surface area contributed by atoms with Gasteiger partial charge in [0, 0.05) is 0 Å². The Morgan fingerprint density at radius 2 is 2.33 bits per heavy atom. The molecule has 2 rings (SSSR count). The molecule has 2 aromatic rings. The minimum atomic E-state index is 0.686. The maximum absolute atomic E-state index is 10.5. The van der Waals surface area contributed by atoms with E-state index in [9.17, 15) is 4.70 Å². The summed E-state index contributed by atoms with van der Waals surface area (Å²) in [5.41, 5.74) is 2.59. The Balaban J connectivity index is 2.79. The van der Waals surface area contributed by atoms with Crippen LogP contribution in [0.4, 0.5) is 0 Å². The SMILES string of the molecule is Cn1cnc2ccc(B=O)cc21. The molecule has 58 valence electrons. The van der Waals surface area contributed by atoms with E-state index in [2.05, 4.69) is 4.98 Å². The first-order valence-electron chi connectivity index (χ1n) is 3.67. The van der Waals surface area contributed by atoms with Crippen molar-refractivity contribution in [3.8, 4) is 0 Å². The number of nitrogens with zero attached hydrogens (tertiary/aromatic N) is 2. The van der Waals surface area contributed by atoms with Crippen molar-refractivity contribution in [1.29, 1.82) is 0 Å². The summed E-state index contributed by atoms with van der Waals surface area (Å²) in [6.45, 7) is 0. The molecular formula is C8H7BN2O. The molecule has 0 saturated carbocycles. The van der Waals surface area contributed by atoms with Crippen molar-refractivity contribution in [2.45, 2.75) is 0 Å². The number of benzene rings is 1. The molecule has 4 heteroatoms. The third kappa shape index (κ3) is 0.960. The van der Waals surface area contributed by atoms with Crippen LogP contribution in [0.25, 0.3) is 11.0 Å². The Morgan fingerprint density at radius 1 is 1.50 bits per heavy atom. The molecule has 0 bridgehead atoms. The fraction of sp³-hybridized carbons (Fsp3) is 0.125. The normalized spacial score (nSPS) is 10.1. The third-order valence-corrected chi connectivity index (χ3v) is 1.89. The third-order valence-electron chi connectivity index (χ3n) is 1.89. The molecule has 0 fully saturated rings. The van der Waals surface area contributed by atoms with Gasteiger partial charge in [0.15, 0.2) is 0 Å². The summed E-state index contributed by atoms with van der Waals surface area (Å²) in [6, 6.07) is 5.44. The average Bonchev–Trinajstić information content (AvgIpc) is 2.47. The van der Waals surface area contributed by atoms with Crippen LogP contribution in [0.1, 0.15) is 0 Å². The predicted octanol–water partition coefficient (Wildman–Crippen LogP) is 0.248. The molecule has 0 saturated heterocycles. The van der Waals surface area contributed by atoms with E-state index in [-0.39, 0.29) is 0 Å². The van der Waals surface area contributed by atoms with Crippen molar-refractivity contribution in [2.24, 2.45) is 7.05 Å². The van der Waals surface area contributed by atoms with Crippen LogP contribution in [0.2, 0.25) is 0 Å². The van der Waals surface area contributed by atoms with Crippen LogP contribution in [0.5, 0.6) is 0 Å². The average molecular weight is 158 g/mol. The zero-order valence-electron chi connectivity index (χ0n) is 6.69. The number of aromatic nitrogens is 2. The molecule has 12 heavy (non-hydrogen) atoms. The zero-order valence-corrected chi connectivity index (χ0v) is 6.69. The molecule has 3 nitrogen and oxygen atoms in total. The van der Waals surface area contributed by atoms with E-state index < -0.39 is 0 Å². The first-order valence-corrected chi connectivity index (χ1v) is 3.67. The topological polar surface area (TPSA) is 34.9 Å². The van der Waals surface area contributed by atoms with Crippen LogP contribution in [0.3, 0.4) is 0 Å². The summed E-state index contributed by atoms with van der Waals surface area (Å²) >= 11 is 0. The second kappa shape index (κ2) is 2.55. The van der Waals surface area contributed by atoms with Gasteiger partial charge < -0.3 is 0 Å². The van der Waals surface area contributed by atoms with Crippen molar-refractivity contribution >= 4 is 23.6 Å².